The first kappa shape index (κ1) is 21.7. The molecule has 2 heterocycles. The van der Waals surface area contributed by atoms with Gasteiger partial charge in [-0.1, -0.05) is 34.8 Å². The molecule has 2 aliphatic heterocycles. The van der Waals surface area contributed by atoms with E-state index in [1.807, 2.05) is 6.07 Å². The Balaban J connectivity index is 1.39. The van der Waals surface area contributed by atoms with Gasteiger partial charge in [0.05, 0.1) is 6.04 Å². The fourth-order valence-electron chi connectivity index (χ4n) is 6.43. The highest BCUT2D eigenvalue weighted by Crippen LogP contribution is 2.54. The van der Waals surface area contributed by atoms with Crippen LogP contribution in [-0.4, -0.2) is 43.0 Å². The number of nitrogens with one attached hydrogen (secondary N) is 1. The van der Waals surface area contributed by atoms with E-state index in [0.29, 0.717) is 0 Å². The summed E-state index contributed by atoms with van der Waals surface area (Å²) in [4.78, 5) is 5.06. The second-order valence-electron chi connectivity index (χ2n) is 10.6. The second kappa shape index (κ2) is 8.42. The van der Waals surface area contributed by atoms with Crippen molar-refractivity contribution in [3.05, 3.63) is 69.0 Å². The number of likely N-dealkylation sites (N-methyl/N-ethyl adjacent to an activating group) is 1. The molecule has 5 heteroatoms. The van der Waals surface area contributed by atoms with Crippen LogP contribution in [0.4, 0.5) is 10.1 Å². The van der Waals surface area contributed by atoms with Crippen LogP contribution in [0.25, 0.3) is 5.70 Å². The summed E-state index contributed by atoms with van der Waals surface area (Å²) in [7, 11) is 2.23. The summed E-state index contributed by atoms with van der Waals surface area (Å²) in [6.07, 6.45) is 8.56. The minimum atomic E-state index is -0.163. The van der Waals surface area contributed by atoms with Crippen molar-refractivity contribution in [2.24, 2.45) is 0 Å². The summed E-state index contributed by atoms with van der Waals surface area (Å²) in [6.45, 7) is 4.51. The second-order valence-corrected chi connectivity index (χ2v) is 11.4. The topological polar surface area (TPSA) is 18.5 Å². The molecule has 3 fully saturated rings. The van der Waals surface area contributed by atoms with Gasteiger partial charge in [0.1, 0.15) is 5.82 Å². The van der Waals surface area contributed by atoms with E-state index in [-0.39, 0.29) is 17.3 Å². The third kappa shape index (κ3) is 4.01. The molecule has 2 saturated carbocycles. The quantitative estimate of drug-likeness (QED) is 0.495. The highest BCUT2D eigenvalue weighted by atomic mass is 79.9. The molecule has 0 radical (unpaired) electrons. The molecule has 33 heavy (non-hydrogen) atoms. The highest BCUT2D eigenvalue weighted by Gasteiger charge is 2.43. The number of benzene rings is 2. The summed E-state index contributed by atoms with van der Waals surface area (Å²) >= 11 is 3.68. The summed E-state index contributed by atoms with van der Waals surface area (Å²) in [6, 6.07) is 12.4. The highest BCUT2D eigenvalue weighted by molar-refractivity contribution is 9.10. The molecule has 1 spiro atoms. The van der Waals surface area contributed by atoms with Crippen molar-refractivity contribution in [1.82, 2.24) is 9.80 Å². The number of fused-ring (bicyclic) bond motifs is 2. The predicted octanol–water partition coefficient (Wildman–Crippen LogP) is 6.71. The van der Waals surface area contributed by atoms with Gasteiger partial charge in [0, 0.05) is 42.0 Å². The number of allylic oxidation sites excluding steroid dienone is 1. The van der Waals surface area contributed by atoms with E-state index in [0.717, 1.165) is 42.6 Å². The Kier molecular flexibility index (Phi) is 5.53. The van der Waals surface area contributed by atoms with E-state index in [1.54, 1.807) is 11.6 Å². The molecule has 1 N–H and O–H groups in total. The normalized spacial score (nSPS) is 24.0. The molecule has 2 aromatic carbocycles. The van der Waals surface area contributed by atoms with Crippen molar-refractivity contribution in [3.63, 3.8) is 0 Å². The Morgan fingerprint density at radius 3 is 2.52 bits per heavy atom. The Labute approximate surface area is 205 Å². The Morgan fingerprint density at radius 2 is 1.79 bits per heavy atom. The largest absolute Gasteiger partial charge is 0.378 e. The predicted molar refractivity (Wildman–Crippen MR) is 137 cm³/mol. The zero-order valence-corrected chi connectivity index (χ0v) is 21.1. The zero-order chi connectivity index (χ0) is 22.6. The van der Waals surface area contributed by atoms with E-state index >= 15 is 0 Å². The van der Waals surface area contributed by atoms with E-state index in [4.69, 9.17) is 0 Å². The van der Waals surface area contributed by atoms with Gasteiger partial charge in [-0.2, -0.15) is 0 Å². The van der Waals surface area contributed by atoms with E-state index < -0.39 is 0 Å². The third-order valence-electron chi connectivity index (χ3n) is 8.34. The van der Waals surface area contributed by atoms with Crippen LogP contribution in [0.3, 0.4) is 0 Å². The zero-order valence-electron chi connectivity index (χ0n) is 19.5. The lowest BCUT2D eigenvalue weighted by Crippen LogP contribution is -2.43. The molecule has 0 bridgehead atoms. The first-order valence-electron chi connectivity index (χ1n) is 12.5. The van der Waals surface area contributed by atoms with Crippen molar-refractivity contribution in [1.29, 1.82) is 0 Å². The van der Waals surface area contributed by atoms with Gasteiger partial charge in [0.2, 0.25) is 0 Å². The monoisotopic (exact) mass is 509 g/mol. The average molecular weight is 510 g/mol. The lowest BCUT2D eigenvalue weighted by Gasteiger charge is -2.42. The first-order chi connectivity index (χ1) is 16.0. The minimum Gasteiger partial charge on any atom is -0.378 e. The van der Waals surface area contributed by atoms with Crippen LogP contribution >= 0.6 is 15.9 Å². The van der Waals surface area contributed by atoms with Crippen LogP contribution in [0.15, 0.2) is 46.4 Å². The molecule has 0 amide bonds. The number of rotatable bonds is 3. The molecule has 4 aliphatic rings. The molecule has 2 aromatic rings. The standard InChI is InChI=1S/C28H33BrFN3/c1-32-12-14-33(15-13-32)27(19-4-5-19)20-6-9-25-23(16-20)28(10-2-3-11-28)18-26(31-25)22-17-21(30)7-8-24(22)29/h6-9,16-17,26,31H,2-5,10-15,18H2,1H3. The SMILES string of the molecule is CN1CCN(C(=C2CC2)c2ccc3c(c2)C2(CCCC2)CC(c2cc(F)ccc2Br)N3)CC1. The number of hydrogen-bond acceptors (Lipinski definition) is 3. The van der Waals surface area contributed by atoms with Crippen molar-refractivity contribution in [3.8, 4) is 0 Å². The maximum absolute atomic E-state index is 14.1. The van der Waals surface area contributed by atoms with Crippen LogP contribution in [0, 0.1) is 5.82 Å². The summed E-state index contributed by atoms with van der Waals surface area (Å²) < 4.78 is 15.1. The molecule has 3 nitrogen and oxygen atoms in total. The number of anilines is 1. The van der Waals surface area contributed by atoms with Crippen LogP contribution in [0.2, 0.25) is 0 Å². The van der Waals surface area contributed by atoms with Gasteiger partial charge in [-0.15, -0.1) is 0 Å². The smallest absolute Gasteiger partial charge is 0.123 e. The van der Waals surface area contributed by atoms with Gasteiger partial charge >= 0.3 is 0 Å². The Morgan fingerprint density at radius 1 is 1.03 bits per heavy atom. The average Bonchev–Trinajstić information content (AvgIpc) is 3.55. The van der Waals surface area contributed by atoms with Gasteiger partial charge in [-0.3, -0.25) is 0 Å². The maximum Gasteiger partial charge on any atom is 0.123 e. The molecule has 1 saturated heterocycles. The molecular weight excluding hydrogens is 477 g/mol. The van der Waals surface area contributed by atoms with Crippen molar-refractivity contribution in [2.45, 2.75) is 56.4 Å². The van der Waals surface area contributed by atoms with E-state index in [2.05, 4.69) is 56.3 Å². The number of nitrogens with zero attached hydrogens (tertiary/aromatic N) is 2. The summed E-state index contributed by atoms with van der Waals surface area (Å²) in [5.41, 5.74) is 8.51. The van der Waals surface area contributed by atoms with Gasteiger partial charge < -0.3 is 15.1 Å². The maximum atomic E-state index is 14.1. The van der Waals surface area contributed by atoms with Crippen LogP contribution in [0.1, 0.15) is 67.7 Å². The molecule has 6 rings (SSSR count). The molecule has 1 unspecified atom stereocenters. The minimum absolute atomic E-state index is 0.130. The van der Waals surface area contributed by atoms with E-state index in [1.165, 1.54) is 67.1 Å². The molecular formula is C28H33BrFN3. The Hall–Kier alpha value is -1.85. The summed E-state index contributed by atoms with van der Waals surface area (Å²) in [5, 5.41) is 3.80. The fraction of sp³-hybridized carbons (Fsp3) is 0.500. The van der Waals surface area contributed by atoms with Gasteiger partial charge in [0.25, 0.3) is 0 Å². The van der Waals surface area contributed by atoms with Crippen molar-refractivity contribution in [2.75, 3.05) is 38.5 Å². The Bertz CT molecular complexity index is 1090. The van der Waals surface area contributed by atoms with Crippen LogP contribution in [0.5, 0.6) is 0 Å². The van der Waals surface area contributed by atoms with Gasteiger partial charge in [-0.25, -0.2) is 4.39 Å². The summed E-state index contributed by atoms with van der Waals surface area (Å²) in [5.74, 6) is -0.163. The lowest BCUT2D eigenvalue weighted by atomic mass is 9.69. The van der Waals surface area contributed by atoms with Crippen LogP contribution in [-0.2, 0) is 5.41 Å². The van der Waals surface area contributed by atoms with Gasteiger partial charge in [-0.05, 0) is 97.2 Å². The number of piperazine rings is 1. The van der Waals surface area contributed by atoms with Gasteiger partial charge in [0.15, 0.2) is 0 Å². The van der Waals surface area contributed by atoms with Crippen molar-refractivity contribution < 1.29 is 4.39 Å². The third-order valence-corrected chi connectivity index (χ3v) is 9.06. The number of halogens is 2. The molecule has 174 valence electrons. The molecule has 2 aliphatic carbocycles. The first-order valence-corrected chi connectivity index (χ1v) is 13.3. The van der Waals surface area contributed by atoms with E-state index in [9.17, 15) is 4.39 Å². The fourth-order valence-corrected chi connectivity index (χ4v) is 6.95. The lowest BCUT2D eigenvalue weighted by molar-refractivity contribution is 0.207. The van der Waals surface area contributed by atoms with Crippen LogP contribution < -0.4 is 5.32 Å². The van der Waals surface area contributed by atoms with Crippen molar-refractivity contribution >= 4 is 27.3 Å². The molecule has 0 aromatic heterocycles. The molecule has 1 atom stereocenters. The number of hydrogen-bond donors (Lipinski definition) is 1.